The molecule has 22 heavy (non-hydrogen) atoms. The molecule has 0 bridgehead atoms. The summed E-state index contributed by atoms with van der Waals surface area (Å²) < 4.78 is 11.1. The molecule has 0 aliphatic carbocycles. The van der Waals surface area contributed by atoms with Crippen molar-refractivity contribution in [3.63, 3.8) is 0 Å². The van der Waals surface area contributed by atoms with Crippen molar-refractivity contribution in [1.82, 2.24) is 4.90 Å². The molecule has 1 fully saturated rings. The summed E-state index contributed by atoms with van der Waals surface area (Å²) in [5.74, 6) is 0.737. The molecule has 0 radical (unpaired) electrons. The lowest BCUT2D eigenvalue weighted by molar-refractivity contribution is 0.245. The van der Waals surface area contributed by atoms with Gasteiger partial charge in [-0.2, -0.15) is 0 Å². The van der Waals surface area contributed by atoms with Crippen molar-refractivity contribution in [2.24, 2.45) is 0 Å². The van der Waals surface area contributed by atoms with Crippen LogP contribution in [-0.2, 0) is 0 Å². The topological polar surface area (TPSA) is 42.7 Å². The van der Waals surface area contributed by atoms with Gasteiger partial charge in [-0.25, -0.2) is 0 Å². The highest BCUT2D eigenvalue weighted by Crippen LogP contribution is 2.19. The van der Waals surface area contributed by atoms with Gasteiger partial charge >= 0.3 is 0 Å². The fourth-order valence-electron chi connectivity index (χ4n) is 3.09. The van der Waals surface area contributed by atoms with Crippen LogP contribution >= 0.6 is 0 Å². The zero-order valence-electron chi connectivity index (χ0n) is 13.1. The Morgan fingerprint density at radius 3 is 3.05 bits per heavy atom. The quantitative estimate of drug-likeness (QED) is 0.767. The Kier molecular flexibility index (Phi) is 4.78. The molecule has 0 amide bonds. The monoisotopic (exact) mass is 301 g/mol. The molecule has 1 aliphatic heterocycles. The predicted octanol–water partition coefficient (Wildman–Crippen LogP) is 3.44. The van der Waals surface area contributed by atoms with Gasteiger partial charge in [0.1, 0.15) is 11.3 Å². The Morgan fingerprint density at radius 1 is 1.32 bits per heavy atom. The van der Waals surface area contributed by atoms with Gasteiger partial charge in [0.25, 0.3) is 0 Å². The lowest BCUT2D eigenvalue weighted by atomic mass is 10.2. The number of nitrogens with zero attached hydrogens (tertiary/aromatic N) is 1. The molecule has 0 N–H and O–H groups in total. The number of rotatable bonds is 6. The third kappa shape index (κ3) is 3.50. The molecular formula is C18H23NO3. The van der Waals surface area contributed by atoms with Gasteiger partial charge in [0.2, 0.25) is 0 Å². The maximum absolute atomic E-state index is 11.8. The molecular weight excluding hydrogens is 278 g/mol. The van der Waals surface area contributed by atoms with Crippen LogP contribution in [0.25, 0.3) is 11.0 Å². The molecule has 1 aromatic carbocycles. The number of hydrogen-bond donors (Lipinski definition) is 0. The highest BCUT2D eigenvalue weighted by Gasteiger charge is 2.18. The summed E-state index contributed by atoms with van der Waals surface area (Å²) in [6.07, 6.45) is 6.27. The van der Waals surface area contributed by atoms with Crippen molar-refractivity contribution in [2.45, 2.75) is 38.6 Å². The van der Waals surface area contributed by atoms with Crippen molar-refractivity contribution in [3.8, 4) is 5.75 Å². The maximum Gasteiger partial charge on any atom is 0.192 e. The molecule has 2 heterocycles. The summed E-state index contributed by atoms with van der Waals surface area (Å²) in [5.41, 5.74) is 0.567. The maximum atomic E-state index is 11.8. The summed E-state index contributed by atoms with van der Waals surface area (Å²) in [4.78, 5) is 14.3. The van der Waals surface area contributed by atoms with Gasteiger partial charge in [-0.15, -0.1) is 0 Å². The van der Waals surface area contributed by atoms with E-state index in [0.29, 0.717) is 17.6 Å². The first-order valence-electron chi connectivity index (χ1n) is 8.12. The molecule has 0 spiro atoms. The minimum atomic E-state index is -0.0327. The number of hydrogen-bond acceptors (Lipinski definition) is 4. The van der Waals surface area contributed by atoms with Crippen molar-refractivity contribution in [2.75, 3.05) is 19.7 Å². The SMILES string of the molecule is C[C@@H]1CCCN1CCCCOc1ccc2occc(=O)c2c1. The summed E-state index contributed by atoms with van der Waals surface area (Å²) in [6, 6.07) is 7.58. The van der Waals surface area contributed by atoms with Crippen LogP contribution in [0.15, 0.2) is 39.7 Å². The number of benzene rings is 1. The average molecular weight is 301 g/mol. The minimum absolute atomic E-state index is 0.0327. The van der Waals surface area contributed by atoms with E-state index in [0.717, 1.165) is 31.2 Å². The second-order valence-corrected chi connectivity index (χ2v) is 6.03. The van der Waals surface area contributed by atoms with Crippen molar-refractivity contribution in [1.29, 1.82) is 0 Å². The normalized spacial score (nSPS) is 18.9. The Balaban J connectivity index is 1.47. The minimum Gasteiger partial charge on any atom is -0.494 e. The van der Waals surface area contributed by atoms with E-state index < -0.39 is 0 Å². The first-order chi connectivity index (χ1) is 10.7. The molecule has 0 saturated carbocycles. The van der Waals surface area contributed by atoms with Crippen molar-refractivity contribution < 1.29 is 9.15 Å². The number of likely N-dealkylation sites (tertiary alicyclic amines) is 1. The van der Waals surface area contributed by atoms with Crippen molar-refractivity contribution in [3.05, 3.63) is 40.8 Å². The smallest absolute Gasteiger partial charge is 0.192 e. The Morgan fingerprint density at radius 2 is 2.23 bits per heavy atom. The third-order valence-electron chi connectivity index (χ3n) is 4.43. The second kappa shape index (κ2) is 6.97. The molecule has 1 atom stereocenters. The van der Waals surface area contributed by atoms with E-state index in [1.807, 2.05) is 6.07 Å². The van der Waals surface area contributed by atoms with Gasteiger partial charge in [-0.1, -0.05) is 0 Å². The fraction of sp³-hybridized carbons (Fsp3) is 0.500. The van der Waals surface area contributed by atoms with Crippen LogP contribution in [-0.4, -0.2) is 30.6 Å². The van der Waals surface area contributed by atoms with Gasteiger partial charge < -0.3 is 14.1 Å². The van der Waals surface area contributed by atoms with Crippen LogP contribution in [0.5, 0.6) is 5.75 Å². The summed E-state index contributed by atoms with van der Waals surface area (Å²) in [6.45, 7) is 5.39. The average Bonchev–Trinajstić information content (AvgIpc) is 2.93. The molecule has 4 heteroatoms. The molecule has 1 aliphatic rings. The van der Waals surface area contributed by atoms with Gasteiger partial charge in [0.15, 0.2) is 5.43 Å². The van der Waals surface area contributed by atoms with Gasteiger partial charge in [-0.05, 0) is 63.9 Å². The van der Waals surface area contributed by atoms with E-state index >= 15 is 0 Å². The van der Waals surface area contributed by atoms with Crippen molar-refractivity contribution >= 4 is 11.0 Å². The second-order valence-electron chi connectivity index (χ2n) is 6.03. The number of ether oxygens (including phenoxy) is 1. The van der Waals surface area contributed by atoms with E-state index in [4.69, 9.17) is 9.15 Å². The predicted molar refractivity (Wildman–Crippen MR) is 87.5 cm³/mol. The lowest BCUT2D eigenvalue weighted by Crippen LogP contribution is -2.28. The molecule has 1 aromatic heterocycles. The van der Waals surface area contributed by atoms with Crippen LogP contribution in [0.4, 0.5) is 0 Å². The Labute approximate surface area is 130 Å². The van der Waals surface area contributed by atoms with Gasteiger partial charge in [0.05, 0.1) is 18.3 Å². The van der Waals surface area contributed by atoms with E-state index in [1.54, 1.807) is 12.1 Å². The third-order valence-corrected chi connectivity index (χ3v) is 4.43. The zero-order chi connectivity index (χ0) is 15.4. The number of fused-ring (bicyclic) bond motifs is 1. The molecule has 0 unspecified atom stereocenters. The summed E-state index contributed by atoms with van der Waals surface area (Å²) in [5, 5.41) is 0.575. The fourth-order valence-corrected chi connectivity index (χ4v) is 3.09. The van der Waals surface area contributed by atoms with Crippen LogP contribution in [0, 0.1) is 0 Å². The number of unbranched alkanes of at least 4 members (excludes halogenated alkanes) is 1. The molecule has 4 nitrogen and oxygen atoms in total. The molecule has 118 valence electrons. The first kappa shape index (κ1) is 15.1. The Hall–Kier alpha value is -1.81. The molecule has 1 saturated heterocycles. The molecule has 3 rings (SSSR count). The van der Waals surface area contributed by atoms with Crippen LogP contribution in [0.3, 0.4) is 0 Å². The van der Waals surface area contributed by atoms with Crippen LogP contribution < -0.4 is 10.2 Å². The van der Waals surface area contributed by atoms with E-state index in [-0.39, 0.29) is 5.43 Å². The first-order valence-corrected chi connectivity index (χ1v) is 8.12. The molecule has 2 aromatic rings. The highest BCUT2D eigenvalue weighted by molar-refractivity contribution is 5.77. The van der Waals surface area contributed by atoms with E-state index in [1.165, 1.54) is 31.7 Å². The van der Waals surface area contributed by atoms with E-state index in [2.05, 4.69) is 11.8 Å². The standard InChI is InChI=1S/C18H23NO3/c1-14-5-4-10-19(14)9-2-3-11-21-15-6-7-18-16(13-15)17(20)8-12-22-18/h6-8,12-14H,2-5,9-11H2,1H3/t14-/m1/s1. The lowest BCUT2D eigenvalue weighted by Gasteiger charge is -2.20. The summed E-state index contributed by atoms with van der Waals surface area (Å²) in [7, 11) is 0. The van der Waals surface area contributed by atoms with Gasteiger partial charge in [-0.3, -0.25) is 4.79 Å². The summed E-state index contributed by atoms with van der Waals surface area (Å²) >= 11 is 0. The largest absolute Gasteiger partial charge is 0.494 e. The van der Waals surface area contributed by atoms with E-state index in [9.17, 15) is 4.79 Å². The highest BCUT2D eigenvalue weighted by atomic mass is 16.5. The Bertz CT molecular complexity index is 679. The van der Waals surface area contributed by atoms with Crippen LogP contribution in [0.2, 0.25) is 0 Å². The van der Waals surface area contributed by atoms with Gasteiger partial charge in [0, 0.05) is 12.1 Å². The zero-order valence-corrected chi connectivity index (χ0v) is 13.1. The van der Waals surface area contributed by atoms with Crippen LogP contribution in [0.1, 0.15) is 32.6 Å².